The van der Waals surface area contributed by atoms with Crippen LogP contribution in [0, 0.1) is 5.82 Å². The summed E-state index contributed by atoms with van der Waals surface area (Å²) < 4.78 is 14.6. The fraction of sp³-hybridized carbons (Fsp3) is 0.0667. The van der Waals surface area contributed by atoms with E-state index in [1.165, 1.54) is 19.1 Å². The Labute approximate surface area is 109 Å². The number of rotatable bonds is 2. The van der Waals surface area contributed by atoms with Crippen LogP contribution in [0.5, 0.6) is 0 Å². The molecule has 0 bridgehead atoms. The van der Waals surface area contributed by atoms with Gasteiger partial charge >= 0.3 is 0 Å². The Balaban J connectivity index is 2.15. The van der Waals surface area contributed by atoms with Gasteiger partial charge < -0.3 is 0 Å². The number of fused-ring (bicyclic) bond motifs is 1. The summed E-state index contributed by atoms with van der Waals surface area (Å²) in [7, 11) is 0. The number of benzene rings is 2. The third kappa shape index (κ3) is 2.01. The lowest BCUT2D eigenvalue weighted by molar-refractivity contribution is 0.101. The summed E-state index contributed by atoms with van der Waals surface area (Å²) in [6.07, 6.45) is 1.70. The Morgan fingerprint density at radius 3 is 2.58 bits per heavy atom. The predicted molar refractivity (Wildman–Crippen MR) is 71.0 cm³/mol. The lowest BCUT2D eigenvalue weighted by atomic mass is 10.1. The smallest absolute Gasteiger partial charge is 0.159 e. The average molecular weight is 254 g/mol. The fourth-order valence-electron chi connectivity index (χ4n) is 2.04. The molecular weight excluding hydrogens is 243 g/mol. The quantitative estimate of drug-likeness (QED) is 0.657. The molecule has 0 aliphatic carbocycles. The van der Waals surface area contributed by atoms with E-state index < -0.39 is 0 Å². The predicted octanol–water partition coefficient (Wildman–Crippen LogP) is 3.37. The normalized spacial score (nSPS) is 10.8. The summed E-state index contributed by atoms with van der Waals surface area (Å²) in [5, 5.41) is 5.16. The summed E-state index contributed by atoms with van der Waals surface area (Å²) in [6, 6.07) is 11.6. The molecule has 0 aliphatic rings. The third-order valence-electron chi connectivity index (χ3n) is 3.05. The van der Waals surface area contributed by atoms with Crippen LogP contribution in [0.2, 0.25) is 0 Å². The number of carbonyl (C=O) groups excluding carboxylic acids is 1. The number of ketones is 1. The molecule has 1 aromatic heterocycles. The van der Waals surface area contributed by atoms with Crippen LogP contribution in [0.15, 0.2) is 48.7 Å². The molecule has 0 saturated heterocycles. The zero-order valence-electron chi connectivity index (χ0n) is 10.3. The van der Waals surface area contributed by atoms with Gasteiger partial charge in [0.05, 0.1) is 17.4 Å². The van der Waals surface area contributed by atoms with Gasteiger partial charge in [0.15, 0.2) is 5.78 Å². The molecule has 0 unspecified atom stereocenters. The first-order chi connectivity index (χ1) is 9.15. The van der Waals surface area contributed by atoms with Crippen molar-refractivity contribution in [3.63, 3.8) is 0 Å². The van der Waals surface area contributed by atoms with Gasteiger partial charge in [0, 0.05) is 10.9 Å². The van der Waals surface area contributed by atoms with Gasteiger partial charge in [-0.25, -0.2) is 9.07 Å². The van der Waals surface area contributed by atoms with Crippen molar-refractivity contribution in [2.45, 2.75) is 6.92 Å². The van der Waals surface area contributed by atoms with E-state index in [0.717, 1.165) is 16.6 Å². The molecule has 0 spiro atoms. The first-order valence-electron chi connectivity index (χ1n) is 5.90. The van der Waals surface area contributed by atoms with Gasteiger partial charge in [0.1, 0.15) is 5.82 Å². The van der Waals surface area contributed by atoms with E-state index in [1.54, 1.807) is 29.1 Å². The molecule has 3 aromatic rings. The summed E-state index contributed by atoms with van der Waals surface area (Å²) in [6.45, 7) is 1.53. The second-order valence-electron chi connectivity index (χ2n) is 4.36. The number of aromatic nitrogens is 2. The highest BCUT2D eigenvalue weighted by atomic mass is 19.1. The van der Waals surface area contributed by atoms with Crippen LogP contribution in [0.4, 0.5) is 4.39 Å². The standard InChI is InChI=1S/C15H11FN2O/c1-10(19)11-2-7-15-12(8-11)9-17-18(15)14-5-3-13(16)4-6-14/h2-9H,1H3. The van der Waals surface area contributed by atoms with E-state index in [2.05, 4.69) is 5.10 Å². The van der Waals surface area contributed by atoms with Crippen LogP contribution in [0.1, 0.15) is 17.3 Å². The van der Waals surface area contributed by atoms with Crippen molar-refractivity contribution in [1.82, 2.24) is 9.78 Å². The van der Waals surface area contributed by atoms with E-state index in [4.69, 9.17) is 0 Å². The van der Waals surface area contributed by atoms with Gasteiger partial charge in [0.2, 0.25) is 0 Å². The topological polar surface area (TPSA) is 34.9 Å². The Morgan fingerprint density at radius 2 is 1.89 bits per heavy atom. The van der Waals surface area contributed by atoms with Crippen molar-refractivity contribution in [2.24, 2.45) is 0 Å². The summed E-state index contributed by atoms with van der Waals surface area (Å²) >= 11 is 0. The Bertz CT molecular complexity index is 759. The van der Waals surface area contributed by atoms with Crippen molar-refractivity contribution in [3.05, 3.63) is 60.0 Å². The lowest BCUT2D eigenvalue weighted by Gasteiger charge is -2.03. The number of nitrogens with zero attached hydrogens (tertiary/aromatic N) is 2. The van der Waals surface area contributed by atoms with Gasteiger partial charge in [-0.1, -0.05) is 0 Å². The molecule has 0 atom stereocenters. The molecule has 0 N–H and O–H groups in total. The lowest BCUT2D eigenvalue weighted by Crippen LogP contribution is -1.96. The molecule has 0 aliphatic heterocycles. The third-order valence-corrected chi connectivity index (χ3v) is 3.05. The monoisotopic (exact) mass is 254 g/mol. The number of hydrogen-bond acceptors (Lipinski definition) is 2. The van der Waals surface area contributed by atoms with Crippen LogP contribution in [-0.4, -0.2) is 15.6 Å². The zero-order valence-corrected chi connectivity index (χ0v) is 10.3. The minimum Gasteiger partial charge on any atom is -0.295 e. The SMILES string of the molecule is CC(=O)c1ccc2c(cnn2-c2ccc(F)cc2)c1. The zero-order chi connectivity index (χ0) is 13.4. The van der Waals surface area contributed by atoms with Crippen LogP contribution < -0.4 is 0 Å². The van der Waals surface area contributed by atoms with Crippen LogP contribution in [-0.2, 0) is 0 Å². The molecule has 0 fully saturated rings. The molecule has 4 heteroatoms. The van der Waals surface area contributed by atoms with E-state index >= 15 is 0 Å². The number of carbonyl (C=O) groups is 1. The summed E-state index contributed by atoms with van der Waals surface area (Å²) in [5.41, 5.74) is 2.33. The molecule has 0 amide bonds. The number of halogens is 1. The fourth-order valence-corrected chi connectivity index (χ4v) is 2.04. The van der Waals surface area contributed by atoms with Gasteiger partial charge in [-0.3, -0.25) is 4.79 Å². The Kier molecular flexibility index (Phi) is 2.63. The molecule has 1 heterocycles. The maximum atomic E-state index is 12.9. The minimum absolute atomic E-state index is 0.0245. The highest BCUT2D eigenvalue weighted by Gasteiger charge is 2.07. The molecule has 2 aromatic carbocycles. The maximum Gasteiger partial charge on any atom is 0.159 e. The van der Waals surface area contributed by atoms with Gasteiger partial charge in [-0.05, 0) is 49.4 Å². The van der Waals surface area contributed by atoms with E-state index in [-0.39, 0.29) is 11.6 Å². The summed E-state index contributed by atoms with van der Waals surface area (Å²) in [4.78, 5) is 11.3. The van der Waals surface area contributed by atoms with Crippen molar-refractivity contribution in [2.75, 3.05) is 0 Å². The molecule has 0 saturated carbocycles. The number of Topliss-reactive ketones (excluding diaryl/α,β-unsaturated/α-hetero) is 1. The van der Waals surface area contributed by atoms with Crippen molar-refractivity contribution < 1.29 is 9.18 Å². The first kappa shape index (κ1) is 11.6. The van der Waals surface area contributed by atoms with Crippen LogP contribution in [0.3, 0.4) is 0 Å². The van der Waals surface area contributed by atoms with Crippen LogP contribution in [0.25, 0.3) is 16.6 Å². The molecule has 0 radical (unpaired) electrons. The van der Waals surface area contributed by atoms with E-state index in [1.807, 2.05) is 12.1 Å². The first-order valence-corrected chi connectivity index (χ1v) is 5.90. The van der Waals surface area contributed by atoms with E-state index in [0.29, 0.717) is 5.56 Å². The highest BCUT2D eigenvalue weighted by molar-refractivity contribution is 5.98. The van der Waals surface area contributed by atoms with Crippen molar-refractivity contribution >= 4 is 16.7 Å². The van der Waals surface area contributed by atoms with Crippen molar-refractivity contribution in [1.29, 1.82) is 0 Å². The largest absolute Gasteiger partial charge is 0.295 e. The van der Waals surface area contributed by atoms with Crippen LogP contribution >= 0.6 is 0 Å². The van der Waals surface area contributed by atoms with Gasteiger partial charge in [-0.2, -0.15) is 5.10 Å². The van der Waals surface area contributed by atoms with E-state index in [9.17, 15) is 9.18 Å². The molecule has 3 nitrogen and oxygen atoms in total. The Morgan fingerprint density at radius 1 is 1.16 bits per heavy atom. The van der Waals surface area contributed by atoms with Crippen molar-refractivity contribution in [3.8, 4) is 5.69 Å². The minimum atomic E-state index is -0.279. The van der Waals surface area contributed by atoms with Gasteiger partial charge in [-0.15, -0.1) is 0 Å². The summed E-state index contributed by atoms with van der Waals surface area (Å²) in [5.74, 6) is -0.254. The molecular formula is C15H11FN2O. The highest BCUT2D eigenvalue weighted by Crippen LogP contribution is 2.20. The van der Waals surface area contributed by atoms with Gasteiger partial charge in [0.25, 0.3) is 0 Å². The second kappa shape index (κ2) is 4.31. The number of hydrogen-bond donors (Lipinski definition) is 0. The average Bonchev–Trinajstić information content (AvgIpc) is 2.82. The second-order valence-corrected chi connectivity index (χ2v) is 4.36. The maximum absolute atomic E-state index is 12.9. The Hall–Kier alpha value is -2.49. The molecule has 3 rings (SSSR count). The molecule has 94 valence electrons. The molecule has 19 heavy (non-hydrogen) atoms.